The van der Waals surface area contributed by atoms with Gasteiger partial charge in [0.25, 0.3) is 0 Å². The lowest BCUT2D eigenvalue weighted by atomic mass is 9.94. The monoisotopic (exact) mass is 374 g/mol. The van der Waals surface area contributed by atoms with Gasteiger partial charge in [0.2, 0.25) is 0 Å². The minimum Gasteiger partial charge on any atom is -0.224 e. The molecule has 1 aliphatic rings. The molecule has 0 fully saturated rings. The van der Waals surface area contributed by atoms with Crippen LogP contribution in [0.15, 0.2) is 76.1 Å². The quantitative estimate of drug-likeness (QED) is 0.798. The molecule has 2 nitrogen and oxygen atoms in total. The van der Waals surface area contributed by atoms with Crippen LogP contribution < -0.4 is 0 Å². The van der Waals surface area contributed by atoms with E-state index in [4.69, 9.17) is 0 Å². The van der Waals surface area contributed by atoms with E-state index in [0.717, 1.165) is 26.7 Å². The lowest BCUT2D eigenvalue weighted by Crippen LogP contribution is -2.10. The van der Waals surface area contributed by atoms with Gasteiger partial charge in [-0.25, -0.2) is 8.42 Å². The van der Waals surface area contributed by atoms with Gasteiger partial charge in [-0.2, -0.15) is 0 Å². The predicted molar refractivity (Wildman–Crippen MR) is 94.1 cm³/mol. The molecule has 0 saturated carbocycles. The Morgan fingerprint density at radius 2 is 1.64 bits per heavy atom. The van der Waals surface area contributed by atoms with Gasteiger partial charge in [0.05, 0.1) is 5.75 Å². The maximum Gasteiger partial charge on any atom is 0.175 e. The second-order valence-electron chi connectivity index (χ2n) is 5.26. The molecule has 2 aromatic carbocycles. The lowest BCUT2D eigenvalue weighted by Gasteiger charge is -2.17. The Labute approximate surface area is 139 Å². The van der Waals surface area contributed by atoms with Crippen molar-refractivity contribution in [2.24, 2.45) is 0 Å². The fraction of sp³-hybridized carbons (Fsp3) is 0.111. The minimum atomic E-state index is -3.15. The first-order chi connectivity index (χ1) is 10.5. The molecule has 22 heavy (non-hydrogen) atoms. The van der Waals surface area contributed by atoms with Crippen molar-refractivity contribution in [1.82, 2.24) is 0 Å². The van der Waals surface area contributed by atoms with Crippen LogP contribution in [0.3, 0.4) is 0 Å². The van der Waals surface area contributed by atoms with Crippen LogP contribution in [0.1, 0.15) is 11.1 Å². The second-order valence-corrected chi connectivity index (χ2v) is 8.07. The molecular weight excluding hydrogens is 360 g/mol. The maximum absolute atomic E-state index is 12.0. The first-order valence-electron chi connectivity index (χ1n) is 6.97. The Morgan fingerprint density at radius 1 is 0.955 bits per heavy atom. The van der Waals surface area contributed by atoms with E-state index in [9.17, 15) is 8.42 Å². The average molecular weight is 375 g/mol. The zero-order valence-electron chi connectivity index (χ0n) is 11.9. The summed E-state index contributed by atoms with van der Waals surface area (Å²) in [5, 5.41) is 1.43. The number of hydrogen-bond acceptors (Lipinski definition) is 2. The van der Waals surface area contributed by atoms with Gasteiger partial charge in [0.1, 0.15) is 0 Å². The third kappa shape index (κ3) is 3.57. The first-order valence-corrected chi connectivity index (χ1v) is 9.48. The molecule has 0 spiro atoms. The number of rotatable bonds is 3. The van der Waals surface area contributed by atoms with Crippen molar-refractivity contribution < 1.29 is 8.42 Å². The average Bonchev–Trinajstić information content (AvgIpc) is 2.49. The molecule has 0 amide bonds. The van der Waals surface area contributed by atoms with E-state index in [2.05, 4.69) is 15.9 Å². The third-order valence-electron chi connectivity index (χ3n) is 3.58. The molecule has 0 N–H and O–H groups in total. The number of hydrogen-bond donors (Lipinski definition) is 0. The highest BCUT2D eigenvalue weighted by atomic mass is 79.9. The van der Waals surface area contributed by atoms with Crippen molar-refractivity contribution in [2.45, 2.75) is 6.42 Å². The van der Waals surface area contributed by atoms with Gasteiger partial charge >= 0.3 is 0 Å². The molecule has 0 bridgehead atoms. The van der Waals surface area contributed by atoms with Crippen molar-refractivity contribution in [2.75, 3.05) is 5.75 Å². The Morgan fingerprint density at radius 3 is 2.32 bits per heavy atom. The number of sulfone groups is 1. The fourth-order valence-corrected chi connectivity index (χ4v) is 3.95. The number of benzene rings is 2. The van der Waals surface area contributed by atoms with Gasteiger partial charge in [0.15, 0.2) is 9.84 Å². The maximum atomic E-state index is 12.0. The molecule has 112 valence electrons. The van der Waals surface area contributed by atoms with Crippen molar-refractivity contribution in [3.05, 3.63) is 87.3 Å². The zero-order chi connectivity index (χ0) is 15.6. The highest BCUT2D eigenvalue weighted by Gasteiger charge is 2.19. The Kier molecular flexibility index (Phi) is 4.32. The summed E-state index contributed by atoms with van der Waals surface area (Å²) >= 11 is 3.43. The molecule has 0 atom stereocenters. The zero-order valence-corrected chi connectivity index (χ0v) is 14.3. The van der Waals surface area contributed by atoms with E-state index >= 15 is 0 Å². The fourth-order valence-electron chi connectivity index (χ4n) is 2.54. The van der Waals surface area contributed by atoms with Crippen molar-refractivity contribution in [3.8, 4) is 0 Å². The molecule has 4 heteroatoms. The summed E-state index contributed by atoms with van der Waals surface area (Å²) in [7, 11) is -3.15. The molecule has 0 unspecified atom stereocenters. The van der Waals surface area contributed by atoms with Crippen LogP contribution in [0.2, 0.25) is 0 Å². The third-order valence-corrected chi connectivity index (χ3v) is 5.38. The van der Waals surface area contributed by atoms with E-state index in [1.165, 1.54) is 5.41 Å². The molecular formula is C18H15BrO2S. The molecule has 0 saturated heterocycles. The summed E-state index contributed by atoms with van der Waals surface area (Å²) in [6.45, 7) is 0. The molecule has 0 aromatic heterocycles. The largest absolute Gasteiger partial charge is 0.224 e. The summed E-state index contributed by atoms with van der Waals surface area (Å²) in [4.78, 5) is 0. The van der Waals surface area contributed by atoms with Crippen molar-refractivity contribution in [1.29, 1.82) is 0 Å². The smallest absolute Gasteiger partial charge is 0.175 e. The SMILES string of the molecule is O=S1(=O)C=C(Cc2ccccc2)C(c2ccc(Br)cc2)=CC1. The van der Waals surface area contributed by atoms with E-state index < -0.39 is 9.84 Å². The second kappa shape index (κ2) is 6.23. The van der Waals surface area contributed by atoms with Crippen LogP contribution in [0, 0.1) is 0 Å². The normalized spacial score (nSPS) is 16.8. The standard InChI is InChI=1S/C18H15BrO2S/c19-17-8-6-15(7-9-17)18-10-11-22(20,21)13-16(18)12-14-4-2-1-3-5-14/h1-10,13H,11-12H2. The summed E-state index contributed by atoms with van der Waals surface area (Å²) in [5.41, 5.74) is 4.00. The van der Waals surface area contributed by atoms with Crippen LogP contribution in [0.25, 0.3) is 5.57 Å². The van der Waals surface area contributed by atoms with Gasteiger partial charge in [-0.1, -0.05) is 64.5 Å². The van der Waals surface area contributed by atoms with Gasteiger partial charge in [0, 0.05) is 9.88 Å². The van der Waals surface area contributed by atoms with Gasteiger partial charge < -0.3 is 0 Å². The summed E-state index contributed by atoms with van der Waals surface area (Å²) in [6, 6.07) is 17.9. The predicted octanol–water partition coefficient (Wildman–Crippen LogP) is 4.39. The van der Waals surface area contributed by atoms with Crippen LogP contribution in [-0.4, -0.2) is 14.2 Å². The molecule has 0 aliphatic carbocycles. The van der Waals surface area contributed by atoms with E-state index in [1.807, 2.05) is 60.7 Å². The van der Waals surface area contributed by atoms with Crippen LogP contribution in [-0.2, 0) is 16.3 Å². The minimum absolute atomic E-state index is 0.0662. The summed E-state index contributed by atoms with van der Waals surface area (Å²) in [6.07, 6.45) is 2.43. The van der Waals surface area contributed by atoms with Crippen molar-refractivity contribution in [3.63, 3.8) is 0 Å². The summed E-state index contributed by atoms with van der Waals surface area (Å²) in [5.74, 6) is 0.0662. The Bertz CT molecular complexity index is 832. The molecule has 1 heterocycles. The first kappa shape index (κ1) is 15.3. The van der Waals surface area contributed by atoms with Crippen LogP contribution in [0.5, 0.6) is 0 Å². The van der Waals surface area contributed by atoms with Gasteiger partial charge in [-0.15, -0.1) is 0 Å². The van der Waals surface area contributed by atoms with Crippen LogP contribution >= 0.6 is 15.9 Å². The lowest BCUT2D eigenvalue weighted by molar-refractivity contribution is 0.607. The molecule has 3 rings (SSSR count). The van der Waals surface area contributed by atoms with E-state index in [1.54, 1.807) is 0 Å². The number of allylic oxidation sites excluding steroid dienone is 2. The van der Waals surface area contributed by atoms with E-state index in [-0.39, 0.29) is 5.75 Å². The Balaban J connectivity index is 1.99. The highest BCUT2D eigenvalue weighted by molar-refractivity contribution is 9.10. The molecule has 1 aliphatic heterocycles. The molecule has 0 radical (unpaired) electrons. The summed E-state index contributed by atoms with van der Waals surface area (Å²) < 4.78 is 24.9. The van der Waals surface area contributed by atoms with Crippen molar-refractivity contribution >= 4 is 31.3 Å². The van der Waals surface area contributed by atoms with Crippen LogP contribution in [0.4, 0.5) is 0 Å². The molecule has 2 aromatic rings. The number of halogens is 1. The van der Waals surface area contributed by atoms with Gasteiger partial charge in [-0.3, -0.25) is 0 Å². The Hall–Kier alpha value is -1.65. The van der Waals surface area contributed by atoms with E-state index in [0.29, 0.717) is 6.42 Å². The topological polar surface area (TPSA) is 34.1 Å². The highest BCUT2D eigenvalue weighted by Crippen LogP contribution is 2.31. The van der Waals surface area contributed by atoms with Gasteiger partial charge in [-0.05, 0) is 40.8 Å².